The summed E-state index contributed by atoms with van der Waals surface area (Å²) < 4.78 is 44.3. The van der Waals surface area contributed by atoms with Gasteiger partial charge in [0.05, 0.1) is 24.0 Å². The summed E-state index contributed by atoms with van der Waals surface area (Å²) in [4.78, 5) is 16.7. The summed E-state index contributed by atoms with van der Waals surface area (Å²) in [7, 11) is 0. The van der Waals surface area contributed by atoms with E-state index < -0.39 is 29.5 Å². The summed E-state index contributed by atoms with van der Waals surface area (Å²) in [6.45, 7) is 0.290. The third kappa shape index (κ3) is 3.82. The number of rotatable bonds is 2. The number of anilines is 1. The molecule has 0 radical (unpaired) electrons. The number of hydrogen-bond acceptors (Lipinski definition) is 2. The van der Waals surface area contributed by atoms with Crippen LogP contribution in [0.25, 0.3) is 5.00 Å². The Labute approximate surface area is 204 Å². The molecule has 1 aliphatic carbocycles. The number of aromatic nitrogens is 1. The molecule has 1 aliphatic heterocycles. The number of fused-ring (bicyclic) bond motifs is 5. The molecule has 2 aromatic heterocycles. The monoisotopic (exact) mass is 493 g/mol. The number of nitrogens with one attached hydrogen (secondary N) is 1. The number of nitrogens with zero attached hydrogens (tertiary/aromatic N) is 2. The van der Waals surface area contributed by atoms with E-state index in [1.54, 1.807) is 28.4 Å². The summed E-state index contributed by atoms with van der Waals surface area (Å²) in [6.07, 6.45) is 6.18. The first-order chi connectivity index (χ1) is 17.0. The Bertz CT molecular complexity index is 1440. The third-order valence-electron chi connectivity index (χ3n) is 6.78. The van der Waals surface area contributed by atoms with Crippen LogP contribution in [0.3, 0.4) is 0 Å². The highest BCUT2D eigenvalue weighted by Crippen LogP contribution is 2.44. The maximum absolute atomic E-state index is 14.4. The maximum atomic E-state index is 14.4. The molecule has 8 heteroatoms. The van der Waals surface area contributed by atoms with Gasteiger partial charge >= 0.3 is 6.03 Å². The Morgan fingerprint density at radius 1 is 0.943 bits per heavy atom. The van der Waals surface area contributed by atoms with Gasteiger partial charge in [-0.25, -0.2) is 18.0 Å². The summed E-state index contributed by atoms with van der Waals surface area (Å²) in [6, 6.07) is 12.0. The van der Waals surface area contributed by atoms with E-state index in [0.717, 1.165) is 54.1 Å². The van der Waals surface area contributed by atoms with Crippen LogP contribution in [-0.4, -0.2) is 15.5 Å². The molecule has 3 heterocycles. The van der Waals surface area contributed by atoms with Crippen molar-refractivity contribution in [1.29, 1.82) is 0 Å². The molecule has 2 aromatic carbocycles. The molecule has 0 unspecified atom stereocenters. The van der Waals surface area contributed by atoms with Crippen LogP contribution in [0.4, 0.5) is 23.7 Å². The van der Waals surface area contributed by atoms with Crippen molar-refractivity contribution in [3.05, 3.63) is 106 Å². The number of thiophene rings is 1. The number of amides is 2. The van der Waals surface area contributed by atoms with Crippen molar-refractivity contribution < 1.29 is 18.0 Å². The smallest absolute Gasteiger partial charge is 0.310 e. The van der Waals surface area contributed by atoms with Crippen molar-refractivity contribution in [2.45, 2.75) is 38.3 Å². The first-order valence-corrected chi connectivity index (χ1v) is 12.4. The average molecular weight is 494 g/mol. The second-order valence-corrected chi connectivity index (χ2v) is 10.0. The molecular weight excluding hydrogens is 471 g/mol. The van der Waals surface area contributed by atoms with Crippen molar-refractivity contribution >= 4 is 23.1 Å². The Balaban J connectivity index is 1.50. The number of carbonyl (C=O) groups excluding carboxylic acids is 1. The Morgan fingerprint density at radius 2 is 1.77 bits per heavy atom. The number of benzene rings is 2. The van der Waals surface area contributed by atoms with Gasteiger partial charge < -0.3 is 14.8 Å². The minimum absolute atomic E-state index is 0.110. The van der Waals surface area contributed by atoms with Crippen LogP contribution >= 0.6 is 11.3 Å². The Morgan fingerprint density at radius 3 is 2.60 bits per heavy atom. The lowest BCUT2D eigenvalue weighted by Crippen LogP contribution is -2.38. The van der Waals surface area contributed by atoms with Gasteiger partial charge in [0.2, 0.25) is 0 Å². The highest BCUT2D eigenvalue weighted by atomic mass is 32.1. The lowest BCUT2D eigenvalue weighted by Gasteiger charge is -2.31. The summed E-state index contributed by atoms with van der Waals surface area (Å²) in [5, 5.41) is 3.69. The molecule has 6 rings (SSSR count). The van der Waals surface area contributed by atoms with Crippen molar-refractivity contribution in [2.24, 2.45) is 0 Å². The van der Waals surface area contributed by atoms with Gasteiger partial charge in [-0.3, -0.25) is 0 Å². The topological polar surface area (TPSA) is 37.3 Å². The van der Waals surface area contributed by atoms with Crippen LogP contribution in [0.1, 0.15) is 46.1 Å². The van der Waals surface area contributed by atoms with Gasteiger partial charge in [-0.1, -0.05) is 12.1 Å². The summed E-state index contributed by atoms with van der Waals surface area (Å²) in [5.74, 6) is -1.98. The minimum Gasteiger partial charge on any atom is -0.310 e. The van der Waals surface area contributed by atoms with Crippen LogP contribution in [0.2, 0.25) is 0 Å². The van der Waals surface area contributed by atoms with Crippen molar-refractivity contribution in [3.8, 4) is 5.00 Å². The van der Waals surface area contributed by atoms with Gasteiger partial charge in [0.15, 0.2) is 0 Å². The van der Waals surface area contributed by atoms with E-state index in [9.17, 15) is 18.0 Å². The van der Waals surface area contributed by atoms with E-state index in [4.69, 9.17) is 0 Å². The zero-order chi connectivity index (χ0) is 24.1. The summed E-state index contributed by atoms with van der Waals surface area (Å²) >= 11 is 1.75. The number of halogens is 3. The minimum atomic E-state index is -0.854. The molecular formula is C27H22F3N3OS. The van der Waals surface area contributed by atoms with Crippen LogP contribution in [-0.2, 0) is 19.4 Å². The zero-order valence-electron chi connectivity index (χ0n) is 18.7. The number of urea groups is 1. The van der Waals surface area contributed by atoms with Gasteiger partial charge in [0, 0.05) is 22.7 Å². The highest BCUT2D eigenvalue weighted by molar-refractivity contribution is 7.15. The van der Waals surface area contributed by atoms with Crippen molar-refractivity contribution in [3.63, 3.8) is 0 Å². The lowest BCUT2D eigenvalue weighted by atomic mass is 9.95. The molecule has 4 nitrogen and oxygen atoms in total. The maximum Gasteiger partial charge on any atom is 0.323 e. The molecule has 0 bridgehead atoms. The standard InChI is InChI=1S/C27H22F3N3OS/c28-17-6-3-5-16(13-17)25-23-8-4-12-32(23)26-20(19-7-1-2-9-24(19)35-26)15-33(25)27(34)31-22-11-10-18(29)14-21(22)30/h3-6,8,10-14,25H,1-2,7,9,15H2,(H,31,34)/t25-/m1/s1. The summed E-state index contributed by atoms with van der Waals surface area (Å²) in [5.41, 5.74) is 3.69. The third-order valence-corrected chi connectivity index (χ3v) is 8.11. The zero-order valence-corrected chi connectivity index (χ0v) is 19.5. The van der Waals surface area contributed by atoms with Gasteiger partial charge in [0.1, 0.15) is 22.5 Å². The lowest BCUT2D eigenvalue weighted by molar-refractivity contribution is 0.194. The van der Waals surface area contributed by atoms with E-state index in [1.807, 2.05) is 18.3 Å². The molecule has 4 aromatic rings. The number of carbonyl (C=O) groups is 1. The molecule has 0 saturated heterocycles. The van der Waals surface area contributed by atoms with E-state index in [0.29, 0.717) is 12.1 Å². The first-order valence-electron chi connectivity index (χ1n) is 11.6. The second-order valence-electron chi connectivity index (χ2n) is 8.94. The van der Waals surface area contributed by atoms with Crippen LogP contribution in [0.5, 0.6) is 0 Å². The Kier molecular flexibility index (Phi) is 5.40. The molecule has 0 spiro atoms. The number of aryl methyl sites for hydroxylation is 1. The molecule has 0 saturated carbocycles. The first kappa shape index (κ1) is 22.0. The van der Waals surface area contributed by atoms with E-state index in [2.05, 4.69) is 9.88 Å². The van der Waals surface area contributed by atoms with Gasteiger partial charge in [-0.15, -0.1) is 11.3 Å². The van der Waals surface area contributed by atoms with Crippen LogP contribution in [0.15, 0.2) is 60.8 Å². The highest BCUT2D eigenvalue weighted by Gasteiger charge is 2.36. The molecule has 1 N–H and O–H groups in total. The molecule has 1 atom stereocenters. The van der Waals surface area contributed by atoms with E-state index in [1.165, 1.54) is 28.6 Å². The molecule has 2 aliphatic rings. The van der Waals surface area contributed by atoms with Crippen LogP contribution in [0, 0.1) is 17.5 Å². The number of hydrogen-bond donors (Lipinski definition) is 1. The second kappa shape index (κ2) is 8.61. The van der Waals surface area contributed by atoms with Gasteiger partial charge in [0.25, 0.3) is 0 Å². The van der Waals surface area contributed by atoms with Crippen molar-refractivity contribution in [2.75, 3.05) is 5.32 Å². The SMILES string of the molecule is O=C(Nc1ccc(F)cc1F)N1Cc2c(sc3c2CCCC3)-n2cccc2[C@H]1c1cccc(F)c1. The normalized spacial score (nSPS) is 16.8. The van der Waals surface area contributed by atoms with E-state index in [-0.39, 0.29) is 5.69 Å². The fraction of sp³-hybridized carbons (Fsp3) is 0.222. The average Bonchev–Trinajstić information content (AvgIpc) is 3.42. The molecule has 2 amide bonds. The quantitative estimate of drug-likeness (QED) is 0.322. The largest absolute Gasteiger partial charge is 0.323 e. The van der Waals surface area contributed by atoms with Crippen molar-refractivity contribution in [1.82, 2.24) is 9.47 Å². The van der Waals surface area contributed by atoms with E-state index >= 15 is 0 Å². The molecule has 178 valence electrons. The molecule has 0 fully saturated rings. The Hall–Kier alpha value is -3.52. The predicted octanol–water partition coefficient (Wildman–Crippen LogP) is 6.97. The fourth-order valence-corrected chi connectivity index (χ4v) is 6.60. The van der Waals surface area contributed by atoms with Gasteiger partial charge in [-0.05, 0) is 73.2 Å². The van der Waals surface area contributed by atoms with Crippen LogP contribution < -0.4 is 5.32 Å². The van der Waals surface area contributed by atoms with Gasteiger partial charge in [-0.2, -0.15) is 0 Å². The predicted molar refractivity (Wildman–Crippen MR) is 129 cm³/mol. The fourth-order valence-electron chi connectivity index (χ4n) is 5.19. The molecule has 35 heavy (non-hydrogen) atoms.